The molecule has 0 aliphatic rings. The fraction of sp³-hybridized carbons (Fsp3) is 0.200. The highest BCUT2D eigenvalue weighted by molar-refractivity contribution is 4.94. The third-order valence-corrected chi connectivity index (χ3v) is 0.304. The predicted molar refractivity (Wildman–Crippen MR) is 25.0 cm³/mol. The molecular formula is C5H8. The Morgan fingerprint density at radius 2 is 2.80 bits per heavy atom. The van der Waals surface area contributed by atoms with Gasteiger partial charge in [-0.15, -0.1) is 0 Å². The van der Waals surface area contributed by atoms with Crippen molar-refractivity contribution >= 4 is 0 Å². The Morgan fingerprint density at radius 3 is 3.00 bits per heavy atom. The normalized spacial score (nSPS) is 14.2. The Balaban J connectivity index is 3.07. The van der Waals surface area contributed by atoms with E-state index in [1.165, 1.54) is 6.55 Å². The number of hydrogen-bond acceptors (Lipinski definition) is 0. The van der Waals surface area contributed by atoms with Crippen LogP contribution < -0.4 is 0 Å². The van der Waals surface area contributed by atoms with Crippen molar-refractivity contribution in [3.05, 3.63) is 24.8 Å². The number of allylic oxidation sites excluding steroid dienone is 3. The van der Waals surface area contributed by atoms with Gasteiger partial charge in [0.2, 0.25) is 0 Å². The minimum atomic E-state index is 1.25. The molecule has 0 heterocycles. The Bertz CT molecular complexity index is 52.3. The quantitative estimate of drug-likeness (QED) is 0.411. The molecule has 0 aliphatic carbocycles. The van der Waals surface area contributed by atoms with Gasteiger partial charge in [-0.1, -0.05) is 24.8 Å². The highest BCUT2D eigenvalue weighted by Gasteiger charge is 1.42. The summed E-state index contributed by atoms with van der Waals surface area (Å²) in [7, 11) is 0. The van der Waals surface area contributed by atoms with Crippen molar-refractivity contribution in [3.8, 4) is 0 Å². The summed E-state index contributed by atoms with van der Waals surface area (Å²) in [4.78, 5) is 0. The van der Waals surface area contributed by atoms with Gasteiger partial charge in [-0.3, -0.25) is 0 Å². The molecule has 0 N–H and O–H groups in total. The zero-order chi connectivity index (χ0) is 4.83. The van der Waals surface area contributed by atoms with E-state index >= 15 is 0 Å². The van der Waals surface area contributed by atoms with Crippen LogP contribution in [0.1, 0.15) is 8.29 Å². The third-order valence-electron chi connectivity index (χ3n) is 0.304. The molecule has 0 amide bonds. The van der Waals surface area contributed by atoms with Crippen molar-refractivity contribution in [2.45, 2.75) is 6.92 Å². The van der Waals surface area contributed by atoms with E-state index in [1.54, 1.807) is 6.08 Å². The van der Waals surface area contributed by atoms with Crippen LogP contribution in [0.5, 0.6) is 0 Å². The smallest absolute Gasteiger partial charge is 0.0538 e. The Kier molecular flexibility index (Phi) is 1.88. The average molecular weight is 69.1 g/mol. The first-order valence-corrected chi connectivity index (χ1v) is 1.58. The van der Waals surface area contributed by atoms with Gasteiger partial charge < -0.3 is 0 Å². The minimum Gasteiger partial charge on any atom is -0.0991 e. The maximum absolute atomic E-state index is 6.47. The Morgan fingerprint density at radius 1 is 2.00 bits per heavy atom. The highest BCUT2D eigenvalue weighted by atomic mass is 13.5. The monoisotopic (exact) mass is 69.1 g/mol. The summed E-state index contributed by atoms with van der Waals surface area (Å²) < 4.78 is 6.47. The summed E-state index contributed by atoms with van der Waals surface area (Å²) in [5, 5.41) is 0. The van der Waals surface area contributed by atoms with E-state index < -0.39 is 0 Å². The summed E-state index contributed by atoms with van der Waals surface area (Å²) in [5.74, 6) is 0. The summed E-state index contributed by atoms with van der Waals surface area (Å²) in [6.07, 6.45) is 5.36. The van der Waals surface area contributed by atoms with E-state index in [1.807, 2.05) is 19.1 Å². The molecule has 0 aromatic heterocycles. The highest BCUT2D eigenvalue weighted by Crippen LogP contribution is 1.64. The Hall–Kier alpha value is -0.520. The summed E-state index contributed by atoms with van der Waals surface area (Å²) in [5.41, 5.74) is 0. The van der Waals surface area contributed by atoms with Crippen molar-refractivity contribution < 1.29 is 1.37 Å². The first-order valence-electron chi connectivity index (χ1n) is 2.15. The van der Waals surface area contributed by atoms with E-state index in [4.69, 9.17) is 1.37 Å². The van der Waals surface area contributed by atoms with Gasteiger partial charge in [0.15, 0.2) is 0 Å². The van der Waals surface area contributed by atoms with Crippen LogP contribution in [0.2, 0.25) is 0 Å². The fourth-order valence-corrected chi connectivity index (χ4v) is 0.111. The lowest BCUT2D eigenvalue weighted by Gasteiger charge is -1.56. The first-order chi connectivity index (χ1) is 2.91. The zero-order valence-corrected chi connectivity index (χ0v) is 3.31. The van der Waals surface area contributed by atoms with E-state index in [9.17, 15) is 0 Å². The molecule has 0 radical (unpaired) electrons. The van der Waals surface area contributed by atoms with Crippen molar-refractivity contribution in [2.75, 3.05) is 0 Å². The van der Waals surface area contributed by atoms with E-state index in [0.29, 0.717) is 0 Å². The molecule has 0 heteroatoms. The first kappa shape index (κ1) is 2.70. The van der Waals surface area contributed by atoms with Gasteiger partial charge in [-0.2, -0.15) is 0 Å². The molecule has 0 rings (SSSR count). The molecule has 0 nitrogen and oxygen atoms in total. The molecule has 0 unspecified atom stereocenters. The summed E-state index contributed by atoms with van der Waals surface area (Å²) >= 11 is 0. The van der Waals surface area contributed by atoms with Gasteiger partial charge in [-0.25, -0.2) is 0 Å². The van der Waals surface area contributed by atoms with E-state index in [0.717, 1.165) is 0 Å². The standard InChI is InChI=1S/C5H8/c1-3-5-4-2/h3-5H,1H2,2H3/i1D. The lowest BCUT2D eigenvalue weighted by atomic mass is 10.5. The predicted octanol–water partition coefficient (Wildman–Crippen LogP) is 1.75. The van der Waals surface area contributed by atoms with Crippen LogP contribution >= 0.6 is 0 Å². The van der Waals surface area contributed by atoms with Crippen LogP contribution in [-0.2, 0) is 0 Å². The second-order valence-electron chi connectivity index (χ2n) is 0.718. The maximum Gasteiger partial charge on any atom is 0.0538 e. The SMILES string of the molecule is [2H]C=CC=CC. The molecule has 0 aromatic carbocycles. The number of rotatable bonds is 1. The molecule has 0 bridgehead atoms. The lowest BCUT2D eigenvalue weighted by molar-refractivity contribution is 1.74. The van der Waals surface area contributed by atoms with Crippen molar-refractivity contribution in [1.82, 2.24) is 0 Å². The van der Waals surface area contributed by atoms with E-state index in [-0.39, 0.29) is 0 Å². The van der Waals surface area contributed by atoms with Crippen LogP contribution in [0.3, 0.4) is 0 Å². The second kappa shape index (κ2) is 3.48. The lowest BCUT2D eigenvalue weighted by Crippen LogP contribution is -1.33. The molecule has 5 heavy (non-hydrogen) atoms. The van der Waals surface area contributed by atoms with Crippen molar-refractivity contribution in [2.24, 2.45) is 0 Å². The summed E-state index contributed by atoms with van der Waals surface area (Å²) in [6, 6.07) is 0. The molecule has 28 valence electrons. The minimum absolute atomic E-state index is 1.25. The topological polar surface area (TPSA) is 0 Å². The molecule has 0 saturated heterocycles. The Labute approximate surface area is 34.2 Å². The van der Waals surface area contributed by atoms with Crippen LogP contribution in [0.4, 0.5) is 0 Å². The largest absolute Gasteiger partial charge is 0.0991 e. The van der Waals surface area contributed by atoms with Crippen molar-refractivity contribution in [3.63, 3.8) is 0 Å². The van der Waals surface area contributed by atoms with Crippen molar-refractivity contribution in [1.29, 1.82) is 0 Å². The van der Waals surface area contributed by atoms with Gasteiger partial charge in [0, 0.05) is 0 Å². The van der Waals surface area contributed by atoms with Gasteiger partial charge >= 0.3 is 0 Å². The van der Waals surface area contributed by atoms with Gasteiger partial charge in [0.05, 0.1) is 1.37 Å². The molecule has 0 aliphatic heterocycles. The van der Waals surface area contributed by atoms with Gasteiger partial charge in [-0.05, 0) is 6.92 Å². The molecule has 0 aromatic rings. The third kappa shape index (κ3) is 3.48. The van der Waals surface area contributed by atoms with E-state index in [2.05, 4.69) is 0 Å². The van der Waals surface area contributed by atoms with Crippen LogP contribution in [0.15, 0.2) is 24.8 Å². The zero-order valence-electron chi connectivity index (χ0n) is 4.31. The summed E-state index contributed by atoms with van der Waals surface area (Å²) in [6.45, 7) is 3.17. The van der Waals surface area contributed by atoms with Gasteiger partial charge in [0.1, 0.15) is 0 Å². The molecular weight excluding hydrogens is 60.1 g/mol. The maximum atomic E-state index is 6.47. The van der Waals surface area contributed by atoms with Crippen LogP contribution in [-0.4, -0.2) is 0 Å². The molecule has 0 saturated carbocycles. The molecule has 0 spiro atoms. The molecule has 0 atom stereocenters. The number of hydrogen-bond donors (Lipinski definition) is 0. The average Bonchev–Trinajstić information content (AvgIpc) is 1.61. The van der Waals surface area contributed by atoms with Crippen LogP contribution in [0, 0.1) is 0 Å². The van der Waals surface area contributed by atoms with Crippen LogP contribution in [0.25, 0.3) is 0 Å². The fourth-order valence-electron chi connectivity index (χ4n) is 0.111. The van der Waals surface area contributed by atoms with Gasteiger partial charge in [0.25, 0.3) is 0 Å². The second-order valence-corrected chi connectivity index (χ2v) is 0.718. The molecule has 0 fully saturated rings.